The van der Waals surface area contributed by atoms with Crippen molar-refractivity contribution < 1.29 is 27.7 Å². The zero-order valence-corrected chi connectivity index (χ0v) is 19.7. The second kappa shape index (κ2) is 10.8. The maximum Gasteiger partial charge on any atom is 0.340 e. The molecule has 1 amide bonds. The van der Waals surface area contributed by atoms with Gasteiger partial charge in [0, 0.05) is 17.8 Å². The number of carbonyl (C=O) groups excluding carboxylic acids is 2. The van der Waals surface area contributed by atoms with Crippen LogP contribution in [0.1, 0.15) is 35.7 Å². The lowest BCUT2D eigenvalue weighted by Gasteiger charge is -2.14. The minimum Gasteiger partial charge on any atom is -0.452 e. The van der Waals surface area contributed by atoms with Crippen molar-refractivity contribution in [3.63, 3.8) is 0 Å². The Balaban J connectivity index is 1.72. The molecule has 0 bridgehead atoms. The average Bonchev–Trinajstić information content (AvgIpc) is 2.83. The molecule has 0 saturated heterocycles. The summed E-state index contributed by atoms with van der Waals surface area (Å²) in [4.78, 5) is 34.9. The van der Waals surface area contributed by atoms with Crippen molar-refractivity contribution in [3.8, 4) is 0 Å². The Morgan fingerprint density at radius 3 is 2.31 bits per heavy atom. The van der Waals surface area contributed by atoms with Crippen LogP contribution >= 0.6 is 0 Å². The maximum atomic E-state index is 12.8. The third kappa shape index (κ3) is 6.42. The first-order valence-electron chi connectivity index (χ1n) is 10.5. The molecule has 0 spiro atoms. The van der Waals surface area contributed by atoms with Crippen LogP contribution in [0, 0.1) is 10.1 Å². The molecule has 35 heavy (non-hydrogen) atoms. The predicted octanol–water partition coefficient (Wildman–Crippen LogP) is 4.31. The number of nitro benzene ring substituents is 1. The lowest BCUT2D eigenvalue weighted by Crippen LogP contribution is -2.22. The van der Waals surface area contributed by atoms with Crippen molar-refractivity contribution in [3.05, 3.63) is 94.0 Å². The van der Waals surface area contributed by atoms with Gasteiger partial charge in [-0.25, -0.2) is 13.2 Å². The molecule has 11 heteroatoms. The molecule has 0 aliphatic heterocycles. The number of esters is 1. The molecule has 0 atom stereocenters. The van der Waals surface area contributed by atoms with E-state index < -0.39 is 39.1 Å². The van der Waals surface area contributed by atoms with Gasteiger partial charge < -0.3 is 10.1 Å². The van der Waals surface area contributed by atoms with Gasteiger partial charge >= 0.3 is 5.97 Å². The monoisotopic (exact) mass is 497 g/mol. The van der Waals surface area contributed by atoms with Crippen molar-refractivity contribution in [1.82, 2.24) is 0 Å². The quantitative estimate of drug-likeness (QED) is 0.254. The van der Waals surface area contributed by atoms with Crippen molar-refractivity contribution in [2.75, 3.05) is 16.6 Å². The van der Waals surface area contributed by atoms with E-state index in [0.29, 0.717) is 5.69 Å². The molecule has 0 saturated carbocycles. The Kier molecular flexibility index (Phi) is 7.82. The number of nitrogens with one attached hydrogen (secondary N) is 2. The number of ether oxygens (including phenoxy) is 1. The summed E-state index contributed by atoms with van der Waals surface area (Å²) in [5.74, 6) is -1.31. The summed E-state index contributed by atoms with van der Waals surface area (Å²) in [6, 6.07) is 17.4. The van der Waals surface area contributed by atoms with Gasteiger partial charge in [-0.1, -0.05) is 50.2 Å². The topological polar surface area (TPSA) is 145 Å². The lowest BCUT2D eigenvalue weighted by molar-refractivity contribution is -0.385. The number of hydrogen-bond acceptors (Lipinski definition) is 7. The third-order valence-corrected chi connectivity index (χ3v) is 6.28. The number of nitrogens with zero attached hydrogens (tertiary/aromatic N) is 1. The Bertz CT molecular complexity index is 1370. The second-order valence-electron chi connectivity index (χ2n) is 7.77. The van der Waals surface area contributed by atoms with Crippen LogP contribution in [-0.4, -0.2) is 31.8 Å². The van der Waals surface area contributed by atoms with Crippen molar-refractivity contribution in [2.45, 2.75) is 24.7 Å². The molecular formula is C24H23N3O7S. The average molecular weight is 498 g/mol. The first-order valence-corrected chi connectivity index (χ1v) is 12.0. The lowest BCUT2D eigenvalue weighted by atomic mass is 10.0. The minimum absolute atomic E-state index is 0.102. The fourth-order valence-corrected chi connectivity index (χ4v) is 4.35. The van der Waals surface area contributed by atoms with Crippen molar-refractivity contribution in [1.29, 1.82) is 0 Å². The van der Waals surface area contributed by atoms with Gasteiger partial charge in [0.05, 0.1) is 21.1 Å². The van der Waals surface area contributed by atoms with Gasteiger partial charge in [-0.15, -0.1) is 0 Å². The van der Waals surface area contributed by atoms with E-state index in [1.165, 1.54) is 36.4 Å². The smallest absolute Gasteiger partial charge is 0.340 e. The zero-order chi connectivity index (χ0) is 25.6. The summed E-state index contributed by atoms with van der Waals surface area (Å²) in [6.45, 7) is 3.38. The van der Waals surface area contributed by atoms with Crippen LogP contribution in [0.3, 0.4) is 0 Å². The molecule has 0 unspecified atom stereocenters. The molecule has 3 aromatic carbocycles. The third-order valence-electron chi connectivity index (χ3n) is 4.92. The summed E-state index contributed by atoms with van der Waals surface area (Å²) < 4.78 is 32.9. The van der Waals surface area contributed by atoms with E-state index in [-0.39, 0.29) is 22.1 Å². The van der Waals surface area contributed by atoms with E-state index in [9.17, 15) is 28.1 Å². The van der Waals surface area contributed by atoms with Crippen LogP contribution in [0.4, 0.5) is 17.1 Å². The first-order chi connectivity index (χ1) is 16.6. The predicted molar refractivity (Wildman–Crippen MR) is 130 cm³/mol. The largest absolute Gasteiger partial charge is 0.452 e. The van der Waals surface area contributed by atoms with Crippen LogP contribution < -0.4 is 10.0 Å². The van der Waals surface area contributed by atoms with Gasteiger partial charge in [-0.3, -0.25) is 19.6 Å². The zero-order valence-electron chi connectivity index (χ0n) is 18.9. The standard InChI is InChI=1S/C24H23N3O7S/c1-16(2)19-10-3-5-12-21(19)25-23(28)15-34-24(29)20-11-4-6-13-22(20)26-35(32,33)18-9-7-8-17(14-18)27(30)31/h3-14,16,26H,15H2,1-2H3,(H,25,28). The number of carbonyl (C=O) groups is 2. The van der Waals surface area contributed by atoms with Gasteiger partial charge in [0.25, 0.3) is 21.6 Å². The number of para-hydroxylation sites is 2. The highest BCUT2D eigenvalue weighted by molar-refractivity contribution is 7.92. The van der Waals surface area contributed by atoms with Gasteiger partial charge in [-0.05, 0) is 35.7 Å². The summed E-state index contributed by atoms with van der Waals surface area (Å²) in [6.07, 6.45) is 0. The van der Waals surface area contributed by atoms with E-state index in [2.05, 4.69) is 10.0 Å². The molecule has 0 aliphatic carbocycles. The molecule has 2 N–H and O–H groups in total. The first kappa shape index (κ1) is 25.4. The summed E-state index contributed by atoms with van der Waals surface area (Å²) in [7, 11) is -4.25. The highest BCUT2D eigenvalue weighted by Gasteiger charge is 2.22. The molecule has 10 nitrogen and oxygen atoms in total. The number of anilines is 2. The number of benzene rings is 3. The normalized spacial score (nSPS) is 11.1. The molecule has 0 fully saturated rings. The van der Waals surface area contributed by atoms with E-state index in [0.717, 1.165) is 17.7 Å². The van der Waals surface area contributed by atoms with Crippen LogP contribution in [0.25, 0.3) is 0 Å². The molecule has 182 valence electrons. The number of nitro groups is 1. The summed E-state index contributed by atoms with van der Waals surface area (Å²) in [5.41, 5.74) is 0.902. The van der Waals surface area contributed by atoms with Gasteiger partial charge in [0.15, 0.2) is 6.61 Å². The Morgan fingerprint density at radius 2 is 1.63 bits per heavy atom. The van der Waals surface area contributed by atoms with Crippen LogP contribution in [0.2, 0.25) is 0 Å². The van der Waals surface area contributed by atoms with E-state index >= 15 is 0 Å². The Morgan fingerprint density at radius 1 is 0.971 bits per heavy atom. The number of amides is 1. The van der Waals surface area contributed by atoms with Crippen LogP contribution in [0.15, 0.2) is 77.7 Å². The summed E-state index contributed by atoms with van der Waals surface area (Å²) >= 11 is 0. The Hall–Kier alpha value is -4.25. The molecule has 0 aromatic heterocycles. The molecule has 3 aromatic rings. The number of rotatable bonds is 9. The fraction of sp³-hybridized carbons (Fsp3) is 0.167. The van der Waals surface area contributed by atoms with Crippen molar-refractivity contribution in [2.24, 2.45) is 0 Å². The maximum absolute atomic E-state index is 12.8. The Labute approximate surface area is 202 Å². The summed E-state index contributed by atoms with van der Waals surface area (Å²) in [5, 5.41) is 13.7. The second-order valence-corrected chi connectivity index (χ2v) is 9.45. The number of non-ortho nitro benzene ring substituents is 1. The van der Waals surface area contributed by atoms with E-state index in [1.54, 1.807) is 12.1 Å². The molecular weight excluding hydrogens is 474 g/mol. The van der Waals surface area contributed by atoms with Crippen LogP contribution in [0.5, 0.6) is 0 Å². The van der Waals surface area contributed by atoms with E-state index in [4.69, 9.17) is 4.74 Å². The molecule has 3 rings (SSSR count). The van der Waals surface area contributed by atoms with Gasteiger partial charge in [0.2, 0.25) is 0 Å². The SMILES string of the molecule is CC(C)c1ccccc1NC(=O)COC(=O)c1ccccc1NS(=O)(=O)c1cccc([N+](=O)[O-])c1. The number of sulfonamides is 1. The highest BCUT2D eigenvalue weighted by atomic mass is 32.2. The van der Waals surface area contributed by atoms with Crippen molar-refractivity contribution >= 4 is 39.0 Å². The van der Waals surface area contributed by atoms with Gasteiger partial charge in [0.1, 0.15) is 0 Å². The molecule has 0 heterocycles. The van der Waals surface area contributed by atoms with Gasteiger partial charge in [-0.2, -0.15) is 0 Å². The molecule has 0 aliphatic rings. The fourth-order valence-electron chi connectivity index (χ4n) is 3.23. The number of hydrogen-bond donors (Lipinski definition) is 2. The van der Waals surface area contributed by atoms with E-state index in [1.807, 2.05) is 26.0 Å². The molecule has 0 radical (unpaired) electrons. The van der Waals surface area contributed by atoms with Crippen LogP contribution in [-0.2, 0) is 19.6 Å². The highest BCUT2D eigenvalue weighted by Crippen LogP contribution is 2.25. The minimum atomic E-state index is -4.25.